The number of nitrogens with zero attached hydrogens (tertiary/aromatic N) is 3. The molecule has 2 aromatic rings. The number of nitrogens with two attached hydrogens (primary N) is 1. The standard InChI is InChI=1S/C12H13Cl3N4/c1-12(2,3)10-11(16)17-18-19(10)9-7(14)4-6(13)5-8(9)15/h4-5H,16H2,1-3H3. The predicted molar refractivity (Wildman–Crippen MR) is 79.5 cm³/mol. The molecule has 0 spiro atoms. The third-order valence-electron chi connectivity index (χ3n) is 2.60. The molecule has 0 saturated heterocycles. The van der Waals surface area contributed by atoms with Crippen LogP contribution >= 0.6 is 34.8 Å². The van der Waals surface area contributed by atoms with Crippen molar-refractivity contribution < 1.29 is 0 Å². The van der Waals surface area contributed by atoms with Crippen molar-refractivity contribution in [3.8, 4) is 5.69 Å². The van der Waals surface area contributed by atoms with E-state index in [1.54, 1.807) is 16.8 Å². The Morgan fingerprint density at radius 2 is 1.63 bits per heavy atom. The number of hydrogen-bond donors (Lipinski definition) is 1. The zero-order chi connectivity index (χ0) is 14.4. The van der Waals surface area contributed by atoms with Gasteiger partial charge >= 0.3 is 0 Å². The van der Waals surface area contributed by atoms with Gasteiger partial charge in [-0.2, -0.15) is 0 Å². The summed E-state index contributed by atoms with van der Waals surface area (Å²) in [4.78, 5) is 0. The van der Waals surface area contributed by atoms with Gasteiger partial charge in [-0.15, -0.1) is 5.10 Å². The highest BCUT2D eigenvalue weighted by Gasteiger charge is 2.26. The van der Waals surface area contributed by atoms with Gasteiger partial charge in [0.15, 0.2) is 5.82 Å². The summed E-state index contributed by atoms with van der Waals surface area (Å²) >= 11 is 18.3. The quantitative estimate of drug-likeness (QED) is 0.860. The zero-order valence-electron chi connectivity index (χ0n) is 10.7. The van der Waals surface area contributed by atoms with Crippen molar-refractivity contribution in [1.82, 2.24) is 15.0 Å². The Balaban J connectivity index is 2.74. The summed E-state index contributed by atoms with van der Waals surface area (Å²) in [5.41, 5.74) is 6.92. The monoisotopic (exact) mass is 318 g/mol. The molecule has 0 aliphatic carbocycles. The molecule has 4 nitrogen and oxygen atoms in total. The third kappa shape index (κ3) is 2.66. The first-order valence-electron chi connectivity index (χ1n) is 5.58. The molecule has 0 unspecified atom stereocenters. The second-order valence-corrected chi connectivity index (χ2v) is 6.45. The smallest absolute Gasteiger partial charge is 0.170 e. The van der Waals surface area contributed by atoms with Crippen LogP contribution in [0.5, 0.6) is 0 Å². The van der Waals surface area contributed by atoms with E-state index in [-0.39, 0.29) is 5.41 Å². The molecular weight excluding hydrogens is 307 g/mol. The number of hydrogen-bond acceptors (Lipinski definition) is 3. The first-order valence-corrected chi connectivity index (χ1v) is 6.72. The number of benzene rings is 1. The van der Waals surface area contributed by atoms with Gasteiger partial charge in [-0.05, 0) is 12.1 Å². The van der Waals surface area contributed by atoms with Gasteiger partial charge in [-0.1, -0.05) is 60.8 Å². The Morgan fingerprint density at radius 1 is 1.11 bits per heavy atom. The van der Waals surface area contributed by atoms with Crippen molar-refractivity contribution in [3.63, 3.8) is 0 Å². The normalized spacial score (nSPS) is 11.9. The second kappa shape index (κ2) is 4.85. The molecule has 7 heteroatoms. The maximum atomic E-state index is 6.20. The average Bonchev–Trinajstić information content (AvgIpc) is 2.57. The van der Waals surface area contributed by atoms with Crippen LogP contribution in [0, 0.1) is 0 Å². The SMILES string of the molecule is CC(C)(C)c1c(N)nnn1-c1c(Cl)cc(Cl)cc1Cl. The molecule has 1 aromatic heterocycles. The minimum Gasteiger partial charge on any atom is -0.381 e. The summed E-state index contributed by atoms with van der Waals surface area (Å²) in [6, 6.07) is 3.21. The van der Waals surface area contributed by atoms with Crippen molar-refractivity contribution in [2.24, 2.45) is 0 Å². The molecular formula is C12H13Cl3N4. The van der Waals surface area contributed by atoms with Crippen molar-refractivity contribution >= 4 is 40.6 Å². The van der Waals surface area contributed by atoms with E-state index >= 15 is 0 Å². The lowest BCUT2D eigenvalue weighted by atomic mass is 9.91. The minimum atomic E-state index is -0.250. The highest BCUT2D eigenvalue weighted by Crippen LogP contribution is 2.36. The van der Waals surface area contributed by atoms with E-state index in [1.165, 1.54) is 0 Å². The average molecular weight is 320 g/mol. The van der Waals surface area contributed by atoms with Crippen molar-refractivity contribution in [1.29, 1.82) is 0 Å². The molecule has 0 aliphatic heterocycles. The Bertz CT molecular complexity index is 605. The van der Waals surface area contributed by atoms with Crippen LogP contribution in [-0.4, -0.2) is 15.0 Å². The van der Waals surface area contributed by atoms with E-state index in [4.69, 9.17) is 40.5 Å². The molecule has 1 heterocycles. The third-order valence-corrected chi connectivity index (χ3v) is 3.39. The lowest BCUT2D eigenvalue weighted by Gasteiger charge is -2.21. The summed E-state index contributed by atoms with van der Waals surface area (Å²) in [5, 5.41) is 9.19. The van der Waals surface area contributed by atoms with Gasteiger partial charge in [0.25, 0.3) is 0 Å². The molecule has 0 radical (unpaired) electrons. The largest absolute Gasteiger partial charge is 0.381 e. The predicted octanol–water partition coefficient (Wildman–Crippen LogP) is 4.11. The Hall–Kier alpha value is -0.970. The Morgan fingerprint density at radius 3 is 2.11 bits per heavy atom. The zero-order valence-corrected chi connectivity index (χ0v) is 13.0. The summed E-state index contributed by atoms with van der Waals surface area (Å²) in [7, 11) is 0. The van der Waals surface area contributed by atoms with Crippen LogP contribution in [0.4, 0.5) is 5.82 Å². The topological polar surface area (TPSA) is 56.7 Å². The first-order chi connectivity index (χ1) is 8.71. The van der Waals surface area contributed by atoms with E-state index < -0.39 is 0 Å². The van der Waals surface area contributed by atoms with E-state index in [0.717, 1.165) is 5.69 Å². The highest BCUT2D eigenvalue weighted by molar-refractivity contribution is 6.40. The molecule has 2 rings (SSSR count). The molecule has 0 aliphatic rings. The molecule has 1 aromatic carbocycles. The van der Waals surface area contributed by atoms with Gasteiger partial charge in [-0.25, -0.2) is 4.68 Å². The Kier molecular flexibility index (Phi) is 3.69. The van der Waals surface area contributed by atoms with Gasteiger partial charge in [-0.3, -0.25) is 0 Å². The van der Waals surface area contributed by atoms with Crippen LogP contribution < -0.4 is 5.73 Å². The fraction of sp³-hybridized carbons (Fsp3) is 0.333. The van der Waals surface area contributed by atoms with Crippen LogP contribution in [-0.2, 0) is 5.41 Å². The number of anilines is 1. The molecule has 0 bridgehead atoms. The first kappa shape index (κ1) is 14.4. The van der Waals surface area contributed by atoms with Crippen LogP contribution in [0.2, 0.25) is 15.1 Å². The van der Waals surface area contributed by atoms with Gasteiger partial charge in [0.2, 0.25) is 0 Å². The Labute approximate surface area is 126 Å². The summed E-state index contributed by atoms with van der Waals surface area (Å²) < 4.78 is 1.57. The number of aromatic nitrogens is 3. The lowest BCUT2D eigenvalue weighted by Crippen LogP contribution is -2.19. The van der Waals surface area contributed by atoms with E-state index in [9.17, 15) is 0 Å². The second-order valence-electron chi connectivity index (χ2n) is 5.20. The number of halogens is 3. The van der Waals surface area contributed by atoms with Crippen molar-refractivity contribution in [3.05, 3.63) is 32.9 Å². The van der Waals surface area contributed by atoms with E-state index in [2.05, 4.69) is 10.3 Å². The van der Waals surface area contributed by atoms with Gasteiger partial charge in [0, 0.05) is 10.4 Å². The molecule has 0 fully saturated rings. The fourth-order valence-electron chi connectivity index (χ4n) is 1.89. The van der Waals surface area contributed by atoms with Gasteiger partial charge in [0.1, 0.15) is 5.69 Å². The highest BCUT2D eigenvalue weighted by atomic mass is 35.5. The van der Waals surface area contributed by atoms with E-state index in [0.29, 0.717) is 26.6 Å². The summed E-state index contributed by atoms with van der Waals surface area (Å²) in [6.45, 7) is 6.03. The van der Waals surface area contributed by atoms with Crippen molar-refractivity contribution in [2.45, 2.75) is 26.2 Å². The molecule has 102 valence electrons. The number of rotatable bonds is 1. The molecule has 0 atom stereocenters. The molecule has 0 amide bonds. The number of nitrogen functional groups attached to an aromatic ring is 1. The molecule has 0 saturated carbocycles. The maximum absolute atomic E-state index is 6.20. The van der Waals surface area contributed by atoms with Crippen LogP contribution in [0.15, 0.2) is 12.1 Å². The maximum Gasteiger partial charge on any atom is 0.170 e. The minimum absolute atomic E-state index is 0.250. The molecule has 19 heavy (non-hydrogen) atoms. The summed E-state index contributed by atoms with van der Waals surface area (Å²) in [5.74, 6) is 0.356. The lowest BCUT2D eigenvalue weighted by molar-refractivity contribution is 0.544. The van der Waals surface area contributed by atoms with Crippen LogP contribution in [0.1, 0.15) is 26.5 Å². The van der Waals surface area contributed by atoms with Crippen LogP contribution in [0.3, 0.4) is 0 Å². The van der Waals surface area contributed by atoms with Crippen LogP contribution in [0.25, 0.3) is 5.69 Å². The molecule has 2 N–H and O–H groups in total. The van der Waals surface area contributed by atoms with Gasteiger partial charge in [0.05, 0.1) is 15.7 Å². The van der Waals surface area contributed by atoms with Crippen molar-refractivity contribution in [2.75, 3.05) is 5.73 Å². The van der Waals surface area contributed by atoms with Gasteiger partial charge < -0.3 is 5.73 Å². The van der Waals surface area contributed by atoms with E-state index in [1.807, 2.05) is 20.8 Å². The fourth-order valence-corrected chi connectivity index (χ4v) is 2.87. The summed E-state index contributed by atoms with van der Waals surface area (Å²) in [6.07, 6.45) is 0.